The van der Waals surface area contributed by atoms with Gasteiger partial charge in [-0.25, -0.2) is 0 Å². The Kier molecular flexibility index (Phi) is 8.09. The van der Waals surface area contributed by atoms with Crippen LogP contribution in [0.4, 0.5) is 17.1 Å². The number of nitrogens with zero attached hydrogens (tertiary/aromatic N) is 1. The van der Waals surface area contributed by atoms with E-state index in [1.54, 1.807) is 0 Å². The molecule has 1 nitrogen and oxygen atoms in total. The molecule has 254 valence electrons. The van der Waals surface area contributed by atoms with E-state index < -0.39 is 0 Å². The molecule has 1 aromatic heterocycles. The quantitative estimate of drug-likeness (QED) is 0.160. The Morgan fingerprint density at radius 3 is 1.50 bits per heavy atom. The minimum Gasteiger partial charge on any atom is -0.310 e. The molecule has 0 saturated heterocycles. The molecular formula is C52H35NS. The second-order valence-electron chi connectivity index (χ2n) is 13.7. The van der Waals surface area contributed by atoms with E-state index in [1.807, 2.05) is 11.3 Å². The van der Waals surface area contributed by atoms with E-state index in [4.69, 9.17) is 0 Å². The fourth-order valence-corrected chi connectivity index (χ4v) is 8.93. The number of anilines is 3. The Bertz CT molecular complexity index is 2900. The summed E-state index contributed by atoms with van der Waals surface area (Å²) in [5, 5.41) is 5.13. The van der Waals surface area contributed by atoms with Gasteiger partial charge in [0.1, 0.15) is 0 Å². The van der Waals surface area contributed by atoms with E-state index in [-0.39, 0.29) is 0 Å². The fraction of sp³-hybridized carbons (Fsp3) is 0. The summed E-state index contributed by atoms with van der Waals surface area (Å²) >= 11 is 1.86. The molecule has 0 N–H and O–H groups in total. The Morgan fingerprint density at radius 2 is 0.778 bits per heavy atom. The maximum absolute atomic E-state index is 2.40. The molecule has 0 spiro atoms. The van der Waals surface area contributed by atoms with Crippen LogP contribution in [0.1, 0.15) is 0 Å². The molecule has 10 rings (SSSR count). The predicted molar refractivity (Wildman–Crippen MR) is 233 cm³/mol. The van der Waals surface area contributed by atoms with Crippen molar-refractivity contribution < 1.29 is 0 Å². The summed E-state index contributed by atoms with van der Waals surface area (Å²) in [5.41, 5.74) is 13.0. The minimum atomic E-state index is 1.10. The molecule has 0 aliphatic rings. The molecule has 0 aliphatic heterocycles. The smallest absolute Gasteiger partial charge is 0.0540 e. The first-order valence-electron chi connectivity index (χ1n) is 18.4. The number of benzene rings is 9. The lowest BCUT2D eigenvalue weighted by Crippen LogP contribution is -2.11. The SMILES string of the molecule is c1ccc(-c2ccc(-c3ccc(N(c4ccc(-c5ccc6c(c5)sc5ccccc56)cc4)c4ccccc4-c4cccc5ccccc45)cc3)cc2)cc1. The van der Waals surface area contributed by atoms with Gasteiger partial charge in [-0.1, -0.05) is 170 Å². The van der Waals surface area contributed by atoms with Crippen LogP contribution >= 0.6 is 11.3 Å². The summed E-state index contributed by atoms with van der Waals surface area (Å²) in [5.74, 6) is 0. The molecular weight excluding hydrogens is 671 g/mol. The zero-order chi connectivity index (χ0) is 35.8. The first-order chi connectivity index (χ1) is 26.8. The molecule has 1 heterocycles. The van der Waals surface area contributed by atoms with E-state index >= 15 is 0 Å². The highest BCUT2D eigenvalue weighted by Gasteiger charge is 2.19. The van der Waals surface area contributed by atoms with Crippen LogP contribution in [0.2, 0.25) is 0 Å². The van der Waals surface area contributed by atoms with Crippen molar-refractivity contribution in [3.05, 3.63) is 212 Å². The molecule has 9 aromatic carbocycles. The van der Waals surface area contributed by atoms with Crippen molar-refractivity contribution >= 4 is 59.3 Å². The van der Waals surface area contributed by atoms with Crippen molar-refractivity contribution in [1.82, 2.24) is 0 Å². The van der Waals surface area contributed by atoms with Crippen molar-refractivity contribution in [2.24, 2.45) is 0 Å². The number of hydrogen-bond acceptors (Lipinski definition) is 2. The van der Waals surface area contributed by atoms with Gasteiger partial charge in [0.15, 0.2) is 0 Å². The van der Waals surface area contributed by atoms with Crippen molar-refractivity contribution in [1.29, 1.82) is 0 Å². The number of thiophene rings is 1. The average molecular weight is 706 g/mol. The summed E-state index contributed by atoms with van der Waals surface area (Å²) in [7, 11) is 0. The monoisotopic (exact) mass is 705 g/mol. The van der Waals surface area contributed by atoms with Crippen LogP contribution in [0.25, 0.3) is 75.5 Å². The average Bonchev–Trinajstić information content (AvgIpc) is 3.63. The van der Waals surface area contributed by atoms with Gasteiger partial charge in [-0.2, -0.15) is 0 Å². The van der Waals surface area contributed by atoms with Gasteiger partial charge in [0.05, 0.1) is 5.69 Å². The van der Waals surface area contributed by atoms with Gasteiger partial charge in [-0.05, 0) is 92.2 Å². The zero-order valence-electron chi connectivity index (χ0n) is 29.6. The molecule has 0 radical (unpaired) electrons. The maximum atomic E-state index is 2.40. The predicted octanol–water partition coefficient (Wildman–Crippen LogP) is 15.3. The third-order valence-corrected chi connectivity index (χ3v) is 11.6. The second-order valence-corrected chi connectivity index (χ2v) is 14.8. The van der Waals surface area contributed by atoms with Gasteiger partial charge in [0.2, 0.25) is 0 Å². The topological polar surface area (TPSA) is 3.24 Å². The lowest BCUT2D eigenvalue weighted by molar-refractivity contribution is 1.28. The molecule has 2 heteroatoms. The normalized spacial score (nSPS) is 11.3. The van der Waals surface area contributed by atoms with Gasteiger partial charge in [0, 0.05) is 37.1 Å². The Labute approximate surface area is 319 Å². The van der Waals surface area contributed by atoms with Crippen LogP contribution < -0.4 is 4.90 Å². The molecule has 0 saturated carbocycles. The van der Waals surface area contributed by atoms with Crippen LogP contribution in [0.3, 0.4) is 0 Å². The van der Waals surface area contributed by atoms with Gasteiger partial charge in [0.25, 0.3) is 0 Å². The number of rotatable bonds is 7. The van der Waals surface area contributed by atoms with E-state index in [0.717, 1.165) is 17.1 Å². The molecule has 0 aliphatic carbocycles. The molecule has 0 fully saturated rings. The summed E-state index contributed by atoms with van der Waals surface area (Å²) in [4.78, 5) is 2.40. The van der Waals surface area contributed by atoms with Crippen molar-refractivity contribution in [2.45, 2.75) is 0 Å². The molecule has 0 amide bonds. The molecule has 0 unspecified atom stereocenters. The lowest BCUT2D eigenvalue weighted by atomic mass is 9.95. The minimum absolute atomic E-state index is 1.10. The van der Waals surface area contributed by atoms with Gasteiger partial charge in [-0.15, -0.1) is 11.3 Å². The van der Waals surface area contributed by atoms with Crippen molar-refractivity contribution in [2.75, 3.05) is 4.90 Å². The Morgan fingerprint density at radius 1 is 0.296 bits per heavy atom. The third kappa shape index (κ3) is 5.84. The summed E-state index contributed by atoms with van der Waals surface area (Å²) < 4.78 is 2.65. The Hall–Kier alpha value is -6.74. The molecule has 0 atom stereocenters. The van der Waals surface area contributed by atoms with E-state index in [0.29, 0.717) is 0 Å². The largest absolute Gasteiger partial charge is 0.310 e. The maximum Gasteiger partial charge on any atom is 0.0540 e. The lowest BCUT2D eigenvalue weighted by Gasteiger charge is -2.28. The van der Waals surface area contributed by atoms with Gasteiger partial charge >= 0.3 is 0 Å². The van der Waals surface area contributed by atoms with Gasteiger partial charge < -0.3 is 4.90 Å². The Balaban J connectivity index is 1.06. The summed E-state index contributed by atoms with van der Waals surface area (Å²) in [6.07, 6.45) is 0. The van der Waals surface area contributed by atoms with Crippen LogP contribution in [0.15, 0.2) is 212 Å². The highest BCUT2D eigenvalue weighted by Crippen LogP contribution is 2.44. The van der Waals surface area contributed by atoms with Crippen LogP contribution in [-0.4, -0.2) is 0 Å². The molecule has 10 aromatic rings. The highest BCUT2D eigenvalue weighted by molar-refractivity contribution is 7.25. The molecule has 54 heavy (non-hydrogen) atoms. The highest BCUT2D eigenvalue weighted by atomic mass is 32.1. The first-order valence-corrected chi connectivity index (χ1v) is 19.2. The van der Waals surface area contributed by atoms with E-state index in [2.05, 4.69) is 217 Å². The standard InChI is InChI=1S/C52H35NS/c1-2-11-36(12-3-1)37-21-23-38(24-22-37)39-25-30-43(31-26-39)53(50-19-8-6-16-47(50)46-18-10-14-41-13-4-5-15-45(41)46)44-32-27-40(28-33-44)42-29-34-49-48-17-7-9-20-51(48)54-52(49)35-42/h1-35H. The zero-order valence-corrected chi connectivity index (χ0v) is 30.4. The van der Waals surface area contributed by atoms with Crippen LogP contribution in [-0.2, 0) is 0 Å². The van der Waals surface area contributed by atoms with E-state index in [9.17, 15) is 0 Å². The number of para-hydroxylation sites is 1. The van der Waals surface area contributed by atoms with Crippen molar-refractivity contribution in [3.63, 3.8) is 0 Å². The summed E-state index contributed by atoms with van der Waals surface area (Å²) in [6.45, 7) is 0. The first kappa shape index (κ1) is 32.0. The third-order valence-electron chi connectivity index (χ3n) is 10.5. The van der Waals surface area contributed by atoms with Gasteiger partial charge in [-0.3, -0.25) is 0 Å². The van der Waals surface area contributed by atoms with Crippen LogP contribution in [0, 0.1) is 0 Å². The number of fused-ring (bicyclic) bond motifs is 4. The molecule has 0 bridgehead atoms. The fourth-order valence-electron chi connectivity index (χ4n) is 7.78. The number of hydrogen-bond donors (Lipinski definition) is 0. The van der Waals surface area contributed by atoms with E-state index in [1.165, 1.54) is 75.5 Å². The summed E-state index contributed by atoms with van der Waals surface area (Å²) in [6, 6.07) is 77.1. The van der Waals surface area contributed by atoms with Crippen LogP contribution in [0.5, 0.6) is 0 Å². The van der Waals surface area contributed by atoms with Crippen molar-refractivity contribution in [3.8, 4) is 44.5 Å². The second kappa shape index (κ2) is 13.7.